The van der Waals surface area contributed by atoms with Crippen LogP contribution in [0.1, 0.15) is 35.7 Å². The summed E-state index contributed by atoms with van der Waals surface area (Å²) in [6.07, 6.45) is -0.283. The van der Waals surface area contributed by atoms with Gasteiger partial charge in [0.1, 0.15) is 6.61 Å². The average Bonchev–Trinajstić information content (AvgIpc) is 2.35. The van der Waals surface area contributed by atoms with E-state index in [-0.39, 0.29) is 18.8 Å². The summed E-state index contributed by atoms with van der Waals surface area (Å²) in [4.78, 5) is 11.7. The van der Waals surface area contributed by atoms with Crippen molar-refractivity contribution in [3.05, 3.63) is 35.4 Å². The summed E-state index contributed by atoms with van der Waals surface area (Å²) in [5.74, 6) is -0.0766. The second kappa shape index (κ2) is 7.93. The highest BCUT2D eigenvalue weighted by Crippen LogP contribution is 2.09. The fraction of sp³-hybridized carbons (Fsp3) is 0.500. The molecule has 0 radical (unpaired) electrons. The molecule has 0 N–H and O–H groups in total. The van der Waals surface area contributed by atoms with Gasteiger partial charge in [-0.3, -0.25) is 4.79 Å². The van der Waals surface area contributed by atoms with Crippen LogP contribution in [0.25, 0.3) is 0 Å². The molecule has 0 unspecified atom stereocenters. The van der Waals surface area contributed by atoms with E-state index in [1.165, 1.54) is 5.56 Å². The molecule has 0 fully saturated rings. The van der Waals surface area contributed by atoms with Crippen LogP contribution in [-0.2, 0) is 11.2 Å². The number of ketones is 1. The van der Waals surface area contributed by atoms with Gasteiger partial charge in [0.05, 0.1) is 6.61 Å². The van der Waals surface area contributed by atoms with Crippen molar-refractivity contribution in [2.75, 3.05) is 13.2 Å². The van der Waals surface area contributed by atoms with Crippen molar-refractivity contribution in [3.8, 4) is 0 Å². The van der Waals surface area contributed by atoms with Gasteiger partial charge in [-0.2, -0.15) is 0 Å². The third-order valence-electron chi connectivity index (χ3n) is 2.53. The van der Waals surface area contributed by atoms with E-state index in [4.69, 9.17) is 0 Å². The van der Waals surface area contributed by atoms with E-state index in [1.54, 1.807) is 12.1 Å². The third-order valence-corrected chi connectivity index (χ3v) is 2.53. The molecule has 0 aliphatic carbocycles. The molecule has 0 saturated heterocycles. The monoisotopic (exact) mass is 256 g/mol. The Balaban J connectivity index is 2.37. The van der Waals surface area contributed by atoms with E-state index < -0.39 is 13.0 Å². The quantitative estimate of drug-likeness (QED) is 0.525. The minimum Gasteiger partial charge on any atom is -0.375 e. The molecule has 0 heterocycles. The zero-order valence-electron chi connectivity index (χ0n) is 10.5. The zero-order chi connectivity index (χ0) is 13.4. The van der Waals surface area contributed by atoms with Gasteiger partial charge in [-0.25, -0.2) is 8.78 Å². The smallest absolute Gasteiger partial charge is 0.261 e. The summed E-state index contributed by atoms with van der Waals surface area (Å²) in [6, 6.07) is 7.41. The summed E-state index contributed by atoms with van der Waals surface area (Å²) >= 11 is 0. The predicted octanol–water partition coefficient (Wildman–Crippen LogP) is 3.49. The Morgan fingerprint density at radius 1 is 1.28 bits per heavy atom. The van der Waals surface area contributed by atoms with Crippen molar-refractivity contribution in [1.82, 2.24) is 0 Å². The van der Waals surface area contributed by atoms with Gasteiger partial charge in [-0.05, 0) is 12.0 Å². The van der Waals surface area contributed by atoms with Crippen molar-refractivity contribution < 1.29 is 18.3 Å². The predicted molar refractivity (Wildman–Crippen MR) is 66.2 cm³/mol. The van der Waals surface area contributed by atoms with Crippen molar-refractivity contribution in [2.45, 2.75) is 32.6 Å². The number of benzene rings is 1. The molecule has 1 aromatic carbocycles. The van der Waals surface area contributed by atoms with Crippen LogP contribution < -0.4 is 0 Å². The molecule has 18 heavy (non-hydrogen) atoms. The first kappa shape index (κ1) is 14.8. The number of rotatable bonds is 8. The number of Topliss-reactive ketones (excluding diaryl/α,β-unsaturated/α-hetero) is 1. The summed E-state index contributed by atoms with van der Waals surface area (Å²) in [6.45, 7) is 1.53. The lowest BCUT2D eigenvalue weighted by atomic mass is 10.0. The molecular formula is C14H18F2O2. The highest BCUT2D eigenvalue weighted by atomic mass is 19.3. The molecule has 1 aromatic rings. The number of carbonyl (C=O) groups excluding carboxylic acids is 1. The fourth-order valence-electron chi connectivity index (χ4n) is 1.63. The minimum atomic E-state index is -2.48. The molecule has 0 amide bonds. The number of alkyl halides is 2. The van der Waals surface area contributed by atoms with Crippen LogP contribution in [0.4, 0.5) is 8.78 Å². The number of hydrogen-bond donors (Lipinski definition) is 0. The van der Waals surface area contributed by atoms with Gasteiger partial charge in [0.15, 0.2) is 5.78 Å². The maximum atomic E-state index is 11.8. The van der Waals surface area contributed by atoms with Crippen LogP contribution in [0.3, 0.4) is 0 Å². The third kappa shape index (κ3) is 5.36. The second-order valence-electron chi connectivity index (χ2n) is 4.09. The number of hydrogen-bond acceptors (Lipinski definition) is 2. The molecule has 100 valence electrons. The lowest BCUT2D eigenvalue weighted by Crippen LogP contribution is -2.09. The Morgan fingerprint density at radius 3 is 2.50 bits per heavy atom. The van der Waals surface area contributed by atoms with E-state index in [0.717, 1.165) is 12.8 Å². The molecule has 4 heteroatoms. The maximum Gasteiger partial charge on any atom is 0.261 e. The highest BCUT2D eigenvalue weighted by Gasteiger charge is 2.07. The van der Waals surface area contributed by atoms with Crippen molar-refractivity contribution in [2.24, 2.45) is 0 Å². The van der Waals surface area contributed by atoms with E-state index in [1.807, 2.05) is 12.1 Å². The molecule has 0 spiro atoms. The molecule has 0 aromatic heterocycles. The summed E-state index contributed by atoms with van der Waals surface area (Å²) in [7, 11) is 0. The van der Waals surface area contributed by atoms with Crippen LogP contribution in [0.15, 0.2) is 24.3 Å². The first-order valence-corrected chi connectivity index (χ1v) is 6.11. The first-order chi connectivity index (χ1) is 8.63. The van der Waals surface area contributed by atoms with E-state index in [0.29, 0.717) is 5.56 Å². The van der Waals surface area contributed by atoms with Crippen LogP contribution >= 0.6 is 0 Å². The molecule has 0 atom stereocenters. The second-order valence-corrected chi connectivity index (χ2v) is 4.09. The van der Waals surface area contributed by atoms with E-state index in [2.05, 4.69) is 11.7 Å². The lowest BCUT2D eigenvalue weighted by Gasteiger charge is -2.04. The van der Waals surface area contributed by atoms with Crippen molar-refractivity contribution in [1.29, 1.82) is 0 Å². The molecule has 0 aliphatic rings. The van der Waals surface area contributed by atoms with Gasteiger partial charge in [-0.1, -0.05) is 37.6 Å². The normalized spacial score (nSPS) is 10.9. The zero-order valence-corrected chi connectivity index (χ0v) is 10.5. The van der Waals surface area contributed by atoms with Crippen molar-refractivity contribution in [3.63, 3.8) is 0 Å². The van der Waals surface area contributed by atoms with Gasteiger partial charge in [0.25, 0.3) is 6.43 Å². The average molecular weight is 256 g/mol. The molecule has 1 rings (SSSR count). The van der Waals surface area contributed by atoms with E-state index >= 15 is 0 Å². The van der Waals surface area contributed by atoms with Gasteiger partial charge in [0.2, 0.25) is 0 Å². The van der Waals surface area contributed by atoms with E-state index in [9.17, 15) is 13.6 Å². The van der Waals surface area contributed by atoms with Gasteiger partial charge < -0.3 is 4.74 Å². The lowest BCUT2D eigenvalue weighted by molar-refractivity contribution is 0.0170. The number of carbonyl (C=O) groups is 1. The topological polar surface area (TPSA) is 26.3 Å². The van der Waals surface area contributed by atoms with Crippen LogP contribution in [0.5, 0.6) is 0 Å². The highest BCUT2D eigenvalue weighted by molar-refractivity contribution is 5.96. The minimum absolute atomic E-state index is 0.0416. The van der Waals surface area contributed by atoms with Gasteiger partial charge in [0, 0.05) is 12.0 Å². The Morgan fingerprint density at radius 2 is 1.94 bits per heavy atom. The Hall–Kier alpha value is -1.29. The molecule has 0 saturated carbocycles. The van der Waals surface area contributed by atoms with Gasteiger partial charge >= 0.3 is 0 Å². The molecule has 0 aliphatic heterocycles. The number of halogens is 2. The molecule has 2 nitrogen and oxygen atoms in total. The molecular weight excluding hydrogens is 238 g/mol. The number of ether oxygens (including phenoxy) is 1. The number of aryl methyl sites for hydroxylation is 1. The maximum absolute atomic E-state index is 11.8. The first-order valence-electron chi connectivity index (χ1n) is 6.11. The van der Waals surface area contributed by atoms with Crippen LogP contribution in [0.2, 0.25) is 0 Å². The fourth-order valence-corrected chi connectivity index (χ4v) is 1.63. The Labute approximate surface area is 106 Å². The standard InChI is InChI=1S/C14H18F2O2/c1-2-3-11-4-6-12(7-5-11)13(17)8-9-18-10-14(15)16/h4-7,14H,2-3,8-10H2,1H3. The Kier molecular flexibility index (Phi) is 6.50. The van der Waals surface area contributed by atoms with Crippen LogP contribution in [0, 0.1) is 0 Å². The van der Waals surface area contributed by atoms with Crippen LogP contribution in [-0.4, -0.2) is 25.4 Å². The summed E-state index contributed by atoms with van der Waals surface area (Å²) in [5.41, 5.74) is 1.80. The van der Waals surface area contributed by atoms with Gasteiger partial charge in [-0.15, -0.1) is 0 Å². The summed E-state index contributed by atoms with van der Waals surface area (Å²) in [5, 5.41) is 0. The SMILES string of the molecule is CCCc1ccc(C(=O)CCOCC(F)F)cc1. The van der Waals surface area contributed by atoms with Crippen molar-refractivity contribution >= 4 is 5.78 Å². The largest absolute Gasteiger partial charge is 0.375 e. The Bertz CT molecular complexity index is 361. The summed E-state index contributed by atoms with van der Waals surface area (Å²) < 4.78 is 28.3. The molecule has 0 bridgehead atoms.